The summed E-state index contributed by atoms with van der Waals surface area (Å²) in [5, 5.41) is 0. The van der Waals surface area contributed by atoms with E-state index in [1.165, 1.54) is 0 Å². The van der Waals surface area contributed by atoms with Crippen LogP contribution in [0.15, 0.2) is 16.5 Å². The molecule has 2 rings (SSSR count). The highest BCUT2D eigenvalue weighted by atomic mass is 16.3. The molecule has 0 saturated carbocycles. The molecule has 0 aromatic carbocycles. The molecule has 0 radical (unpaired) electrons. The van der Waals surface area contributed by atoms with Crippen molar-refractivity contribution in [3.63, 3.8) is 0 Å². The summed E-state index contributed by atoms with van der Waals surface area (Å²) in [7, 11) is 0. The molecule has 0 bridgehead atoms. The van der Waals surface area contributed by atoms with E-state index in [0.29, 0.717) is 25.4 Å². The number of furan rings is 1. The lowest BCUT2D eigenvalue weighted by Crippen LogP contribution is -2.55. The van der Waals surface area contributed by atoms with Gasteiger partial charge in [0.25, 0.3) is 5.91 Å². The summed E-state index contributed by atoms with van der Waals surface area (Å²) in [4.78, 5) is 27.1. The van der Waals surface area contributed by atoms with Crippen LogP contribution in [0, 0.1) is 6.92 Å². The zero-order valence-electron chi connectivity index (χ0n) is 11.0. The summed E-state index contributed by atoms with van der Waals surface area (Å²) in [6.45, 7) is 7.04. The highest BCUT2D eigenvalue weighted by molar-refractivity contribution is 5.92. The molecule has 1 unspecified atom stereocenters. The van der Waals surface area contributed by atoms with Crippen LogP contribution in [0.2, 0.25) is 0 Å². The van der Waals surface area contributed by atoms with Crippen molar-refractivity contribution < 1.29 is 14.0 Å². The van der Waals surface area contributed by atoms with Crippen LogP contribution in [0.4, 0.5) is 0 Å². The van der Waals surface area contributed by atoms with E-state index in [0.717, 1.165) is 5.76 Å². The predicted molar refractivity (Wildman–Crippen MR) is 66.2 cm³/mol. The fourth-order valence-corrected chi connectivity index (χ4v) is 2.24. The molecule has 1 aliphatic rings. The average molecular weight is 250 g/mol. The van der Waals surface area contributed by atoms with E-state index in [1.54, 1.807) is 28.9 Å². The number of hydrogen-bond donors (Lipinski definition) is 0. The minimum atomic E-state index is -0.0983. The minimum absolute atomic E-state index is 0.0144. The van der Waals surface area contributed by atoms with Crippen molar-refractivity contribution >= 4 is 11.8 Å². The molecule has 1 aliphatic heterocycles. The highest BCUT2D eigenvalue weighted by Crippen LogP contribution is 2.15. The first-order valence-electron chi connectivity index (χ1n) is 6.12. The Kier molecular flexibility index (Phi) is 3.41. The standard InChI is InChI=1S/C13H18N2O3/c1-9-8-14(11(3)16)6-7-15(9)13(17)12-5-4-10(2)18-12/h4-5,9H,6-8H2,1-3H3. The summed E-state index contributed by atoms with van der Waals surface area (Å²) in [5.41, 5.74) is 0. The molecule has 0 aliphatic carbocycles. The smallest absolute Gasteiger partial charge is 0.289 e. The van der Waals surface area contributed by atoms with Crippen LogP contribution in [0.3, 0.4) is 0 Å². The van der Waals surface area contributed by atoms with Gasteiger partial charge < -0.3 is 14.2 Å². The molecule has 5 heteroatoms. The molecule has 5 nitrogen and oxygen atoms in total. The van der Waals surface area contributed by atoms with Crippen LogP contribution in [0.25, 0.3) is 0 Å². The number of carbonyl (C=O) groups excluding carboxylic acids is 2. The van der Waals surface area contributed by atoms with E-state index in [-0.39, 0.29) is 17.9 Å². The third kappa shape index (κ3) is 2.39. The van der Waals surface area contributed by atoms with Crippen molar-refractivity contribution in [3.05, 3.63) is 23.7 Å². The van der Waals surface area contributed by atoms with Gasteiger partial charge in [-0.05, 0) is 26.0 Å². The maximum absolute atomic E-state index is 12.2. The molecule has 1 fully saturated rings. The first-order valence-corrected chi connectivity index (χ1v) is 6.12. The van der Waals surface area contributed by atoms with Gasteiger partial charge in [0.05, 0.1) is 0 Å². The lowest BCUT2D eigenvalue weighted by molar-refractivity contribution is -0.131. The van der Waals surface area contributed by atoms with E-state index in [4.69, 9.17) is 4.42 Å². The fraction of sp³-hybridized carbons (Fsp3) is 0.538. The molecule has 1 saturated heterocycles. The van der Waals surface area contributed by atoms with Gasteiger partial charge >= 0.3 is 0 Å². The molecule has 0 spiro atoms. The van der Waals surface area contributed by atoms with E-state index in [1.807, 2.05) is 13.8 Å². The molecular formula is C13H18N2O3. The molecule has 0 N–H and O–H groups in total. The maximum Gasteiger partial charge on any atom is 0.289 e. The van der Waals surface area contributed by atoms with E-state index in [9.17, 15) is 9.59 Å². The van der Waals surface area contributed by atoms with Crippen LogP contribution >= 0.6 is 0 Å². The van der Waals surface area contributed by atoms with Crippen molar-refractivity contribution in [3.8, 4) is 0 Å². The van der Waals surface area contributed by atoms with Gasteiger partial charge in [0.2, 0.25) is 5.91 Å². The van der Waals surface area contributed by atoms with Gasteiger partial charge in [-0.1, -0.05) is 0 Å². The lowest BCUT2D eigenvalue weighted by atomic mass is 10.1. The lowest BCUT2D eigenvalue weighted by Gasteiger charge is -2.39. The second kappa shape index (κ2) is 4.84. The Morgan fingerprint density at radius 2 is 2.06 bits per heavy atom. The normalized spacial score (nSPS) is 20.1. The Balaban J connectivity index is 2.07. The van der Waals surface area contributed by atoms with Crippen molar-refractivity contribution in [2.24, 2.45) is 0 Å². The van der Waals surface area contributed by atoms with Gasteiger partial charge in [0, 0.05) is 32.6 Å². The zero-order chi connectivity index (χ0) is 13.3. The molecule has 1 aromatic rings. The van der Waals surface area contributed by atoms with Gasteiger partial charge in [-0.25, -0.2) is 0 Å². The molecule has 2 heterocycles. The molecule has 1 atom stereocenters. The summed E-state index contributed by atoms with van der Waals surface area (Å²) >= 11 is 0. The summed E-state index contributed by atoms with van der Waals surface area (Å²) in [6.07, 6.45) is 0. The predicted octanol–water partition coefficient (Wildman–Crippen LogP) is 1.28. The summed E-state index contributed by atoms with van der Waals surface area (Å²) in [6, 6.07) is 3.49. The maximum atomic E-state index is 12.2. The molecule has 2 amide bonds. The number of amides is 2. The van der Waals surface area contributed by atoms with Crippen molar-refractivity contribution in [2.45, 2.75) is 26.8 Å². The largest absolute Gasteiger partial charge is 0.456 e. The van der Waals surface area contributed by atoms with Gasteiger partial charge in [-0.15, -0.1) is 0 Å². The average Bonchev–Trinajstić information content (AvgIpc) is 2.74. The molecule has 1 aromatic heterocycles. The van der Waals surface area contributed by atoms with Crippen LogP contribution in [0.5, 0.6) is 0 Å². The third-order valence-corrected chi connectivity index (χ3v) is 3.28. The SMILES string of the molecule is CC(=O)N1CCN(C(=O)c2ccc(C)o2)C(C)C1. The molecule has 18 heavy (non-hydrogen) atoms. The van der Waals surface area contributed by atoms with Gasteiger partial charge in [0.1, 0.15) is 5.76 Å². The van der Waals surface area contributed by atoms with Crippen molar-refractivity contribution in [1.29, 1.82) is 0 Å². The Hall–Kier alpha value is -1.78. The van der Waals surface area contributed by atoms with Crippen LogP contribution < -0.4 is 0 Å². The zero-order valence-corrected chi connectivity index (χ0v) is 11.0. The second-order valence-electron chi connectivity index (χ2n) is 4.72. The quantitative estimate of drug-likeness (QED) is 0.754. The Bertz CT molecular complexity index is 467. The number of piperazine rings is 1. The monoisotopic (exact) mass is 250 g/mol. The fourth-order valence-electron chi connectivity index (χ4n) is 2.24. The van der Waals surface area contributed by atoms with Crippen molar-refractivity contribution in [2.75, 3.05) is 19.6 Å². The topological polar surface area (TPSA) is 53.8 Å². The molecular weight excluding hydrogens is 232 g/mol. The van der Waals surface area contributed by atoms with Gasteiger partial charge in [-0.3, -0.25) is 9.59 Å². The van der Waals surface area contributed by atoms with Crippen LogP contribution in [-0.2, 0) is 4.79 Å². The van der Waals surface area contributed by atoms with E-state index >= 15 is 0 Å². The van der Waals surface area contributed by atoms with E-state index in [2.05, 4.69) is 0 Å². The second-order valence-corrected chi connectivity index (χ2v) is 4.72. The number of nitrogens with zero attached hydrogens (tertiary/aromatic N) is 2. The summed E-state index contributed by atoms with van der Waals surface area (Å²) in [5.74, 6) is 1.06. The van der Waals surface area contributed by atoms with Crippen LogP contribution in [0.1, 0.15) is 30.2 Å². The number of aryl methyl sites for hydroxylation is 1. The Labute approximate surface area is 106 Å². The Morgan fingerprint density at radius 3 is 2.56 bits per heavy atom. The van der Waals surface area contributed by atoms with Crippen LogP contribution in [-0.4, -0.2) is 47.3 Å². The van der Waals surface area contributed by atoms with Gasteiger partial charge in [0.15, 0.2) is 5.76 Å². The first kappa shape index (κ1) is 12.7. The first-order chi connectivity index (χ1) is 8.49. The van der Waals surface area contributed by atoms with Crippen molar-refractivity contribution in [1.82, 2.24) is 9.80 Å². The third-order valence-electron chi connectivity index (χ3n) is 3.28. The number of hydrogen-bond acceptors (Lipinski definition) is 3. The molecule has 98 valence electrons. The number of rotatable bonds is 1. The van der Waals surface area contributed by atoms with E-state index < -0.39 is 0 Å². The highest BCUT2D eigenvalue weighted by Gasteiger charge is 2.30. The minimum Gasteiger partial charge on any atom is -0.456 e. The Morgan fingerprint density at radius 1 is 1.33 bits per heavy atom. The van der Waals surface area contributed by atoms with Gasteiger partial charge in [-0.2, -0.15) is 0 Å². The number of carbonyl (C=O) groups is 2. The summed E-state index contributed by atoms with van der Waals surface area (Å²) < 4.78 is 5.35.